The lowest BCUT2D eigenvalue weighted by atomic mass is 9.43. The fourth-order valence-electron chi connectivity index (χ4n) is 11.0. The van der Waals surface area contributed by atoms with E-state index in [9.17, 15) is 20.1 Å². The molecule has 4 saturated carbocycles. The van der Waals surface area contributed by atoms with E-state index in [2.05, 4.69) is 34.6 Å². The van der Waals surface area contributed by atoms with Gasteiger partial charge in [-0.1, -0.05) is 20.8 Å². The predicted octanol–water partition coefficient (Wildman–Crippen LogP) is 3.81. The van der Waals surface area contributed by atoms with Gasteiger partial charge in [0.05, 0.1) is 23.9 Å². The number of ether oxygens (including phenoxy) is 3. The number of hydrogen-bond acceptors (Lipinski definition) is 7. The summed E-state index contributed by atoms with van der Waals surface area (Å²) in [6.07, 6.45) is 3.63. The summed E-state index contributed by atoms with van der Waals surface area (Å²) < 4.78 is 18.9. The summed E-state index contributed by atoms with van der Waals surface area (Å²) in [6, 6.07) is 0. The summed E-state index contributed by atoms with van der Waals surface area (Å²) in [6.45, 7) is 14.2. The molecule has 0 amide bonds. The van der Waals surface area contributed by atoms with Gasteiger partial charge in [-0.15, -0.1) is 0 Å². The largest absolute Gasteiger partial charge is 0.460 e. The van der Waals surface area contributed by atoms with Crippen LogP contribution in [0.25, 0.3) is 0 Å². The number of rotatable bonds is 1. The average Bonchev–Trinajstić information content (AvgIpc) is 3.26. The molecule has 210 valence electrons. The molecule has 14 atom stereocenters. The van der Waals surface area contributed by atoms with Crippen molar-refractivity contribution in [1.82, 2.24) is 0 Å². The molecule has 6 fully saturated rings. The number of fused-ring (bicyclic) bond motifs is 7. The smallest absolute Gasteiger partial charge is 0.302 e. The third-order valence-electron chi connectivity index (χ3n) is 12.8. The molecule has 2 saturated heterocycles. The predicted molar refractivity (Wildman–Crippen MR) is 136 cm³/mol. The molecule has 6 rings (SSSR count). The molecule has 2 aliphatic heterocycles. The van der Waals surface area contributed by atoms with E-state index >= 15 is 0 Å². The van der Waals surface area contributed by atoms with Crippen LogP contribution in [0.2, 0.25) is 0 Å². The van der Waals surface area contributed by atoms with Crippen molar-refractivity contribution < 1.29 is 34.3 Å². The first kappa shape index (κ1) is 26.5. The Morgan fingerprint density at radius 3 is 2.27 bits per heavy atom. The molecule has 7 nitrogen and oxygen atoms in total. The Labute approximate surface area is 221 Å². The lowest BCUT2D eigenvalue weighted by Crippen LogP contribution is -2.63. The van der Waals surface area contributed by atoms with E-state index in [4.69, 9.17) is 14.2 Å². The Hall–Kier alpha value is -0.730. The van der Waals surface area contributed by atoms with Crippen LogP contribution in [0, 0.1) is 46.3 Å². The van der Waals surface area contributed by atoms with Crippen molar-refractivity contribution in [2.45, 2.75) is 135 Å². The highest BCUT2D eigenvalue weighted by Crippen LogP contribution is 2.72. The third kappa shape index (κ3) is 3.39. The number of aliphatic hydroxyl groups is 3. The molecule has 3 N–H and O–H groups in total. The van der Waals surface area contributed by atoms with Gasteiger partial charge in [-0.05, 0) is 99.7 Å². The van der Waals surface area contributed by atoms with Gasteiger partial charge in [-0.25, -0.2) is 0 Å². The highest BCUT2D eigenvalue weighted by atomic mass is 16.7. The van der Waals surface area contributed by atoms with Crippen LogP contribution in [-0.2, 0) is 19.0 Å². The molecule has 7 heteroatoms. The van der Waals surface area contributed by atoms with E-state index in [1.807, 2.05) is 6.92 Å². The van der Waals surface area contributed by atoms with E-state index in [0.717, 1.165) is 19.3 Å². The Balaban J connectivity index is 1.31. The average molecular weight is 521 g/mol. The van der Waals surface area contributed by atoms with Crippen molar-refractivity contribution in [1.29, 1.82) is 0 Å². The molecule has 0 radical (unpaired) electrons. The number of carbonyl (C=O) groups is 1. The molecule has 6 aliphatic rings. The van der Waals surface area contributed by atoms with Crippen molar-refractivity contribution >= 4 is 5.97 Å². The standard InChI is InChI=1S/C30H48O7/c1-15-12-30(37-26(15,3)4)29(7,34)25-22(36-30)11-19-18-9-8-17-10-20(32)23(35-16(2)31)14-27(17,5)24(18)21(33)13-28(19,25)6/h15,17-25,32-34H,8-14H2,1-7H3/t15-,17-,18-,19-,20-,21-,22-,23+,24+,25?,27-,28-,29+,30-/m0/s1. The van der Waals surface area contributed by atoms with Crippen LogP contribution >= 0.6 is 0 Å². The minimum absolute atomic E-state index is 0.0781. The third-order valence-corrected chi connectivity index (χ3v) is 12.8. The van der Waals surface area contributed by atoms with E-state index in [1.165, 1.54) is 6.92 Å². The van der Waals surface area contributed by atoms with Crippen molar-refractivity contribution in [3.63, 3.8) is 0 Å². The maximum atomic E-state index is 12.2. The van der Waals surface area contributed by atoms with Crippen LogP contribution in [0.4, 0.5) is 0 Å². The zero-order valence-electron chi connectivity index (χ0n) is 23.7. The molecular formula is C30H48O7. The number of carbonyl (C=O) groups excluding carboxylic acids is 1. The lowest BCUT2D eigenvalue weighted by molar-refractivity contribution is -0.300. The Morgan fingerprint density at radius 1 is 0.946 bits per heavy atom. The van der Waals surface area contributed by atoms with Crippen LogP contribution in [0.5, 0.6) is 0 Å². The van der Waals surface area contributed by atoms with Crippen molar-refractivity contribution in [2.24, 2.45) is 46.3 Å². The quantitative estimate of drug-likeness (QED) is 0.452. The van der Waals surface area contributed by atoms with Crippen molar-refractivity contribution in [3.05, 3.63) is 0 Å². The zero-order valence-corrected chi connectivity index (χ0v) is 23.7. The fraction of sp³-hybridized carbons (Fsp3) is 0.967. The summed E-state index contributed by atoms with van der Waals surface area (Å²) in [5.74, 6) is -0.172. The normalized spacial score (nSPS) is 59.9. The monoisotopic (exact) mass is 520 g/mol. The van der Waals surface area contributed by atoms with Gasteiger partial charge in [0.15, 0.2) is 5.79 Å². The first-order chi connectivity index (χ1) is 17.1. The minimum atomic E-state index is -1.15. The Morgan fingerprint density at radius 2 is 1.65 bits per heavy atom. The maximum Gasteiger partial charge on any atom is 0.302 e. The lowest BCUT2D eigenvalue weighted by Gasteiger charge is -2.63. The number of aliphatic hydroxyl groups excluding tert-OH is 2. The van der Waals surface area contributed by atoms with Crippen molar-refractivity contribution in [3.8, 4) is 0 Å². The Kier molecular flexibility index (Phi) is 5.68. The SMILES string of the molecule is CC(=O)O[C@@H]1C[C@@]2(C)[C@@H](CC[C@@H]3[C@@H]2[C@@H](O)C[C@]2(C)C4[C@H](C[C@@H]32)O[C@]2(C[C@H](C)C(C)(C)O2)[C@]4(C)O)C[C@@H]1O. The fourth-order valence-corrected chi connectivity index (χ4v) is 11.0. The van der Waals surface area contributed by atoms with Crippen LogP contribution in [0.3, 0.4) is 0 Å². The molecule has 1 unspecified atom stereocenters. The molecule has 0 aromatic heterocycles. The highest BCUT2D eigenvalue weighted by Gasteiger charge is 2.77. The van der Waals surface area contributed by atoms with Crippen LogP contribution < -0.4 is 0 Å². The summed E-state index contributed by atoms with van der Waals surface area (Å²) in [4.78, 5) is 11.8. The molecule has 2 heterocycles. The van der Waals surface area contributed by atoms with Gasteiger partial charge >= 0.3 is 5.97 Å². The molecular weight excluding hydrogens is 472 g/mol. The van der Waals surface area contributed by atoms with Crippen molar-refractivity contribution in [2.75, 3.05) is 0 Å². The van der Waals surface area contributed by atoms with Gasteiger partial charge in [0.1, 0.15) is 11.7 Å². The summed E-state index contributed by atoms with van der Waals surface area (Å²) in [5, 5.41) is 34.9. The van der Waals surface area contributed by atoms with Gasteiger partial charge in [0.2, 0.25) is 0 Å². The van der Waals surface area contributed by atoms with Gasteiger partial charge in [-0.2, -0.15) is 0 Å². The van der Waals surface area contributed by atoms with Crippen LogP contribution in [0.15, 0.2) is 0 Å². The second kappa shape index (κ2) is 7.93. The molecule has 0 aromatic rings. The summed E-state index contributed by atoms with van der Waals surface area (Å²) in [7, 11) is 0. The van der Waals surface area contributed by atoms with Gasteiger partial charge < -0.3 is 29.5 Å². The number of hydrogen-bond donors (Lipinski definition) is 3. The first-order valence-corrected chi connectivity index (χ1v) is 14.7. The number of esters is 1. The topological polar surface area (TPSA) is 105 Å². The molecule has 4 aliphatic carbocycles. The second-order valence-electron chi connectivity index (χ2n) is 15.1. The van der Waals surface area contributed by atoms with Gasteiger partial charge in [0.25, 0.3) is 0 Å². The highest BCUT2D eigenvalue weighted by molar-refractivity contribution is 5.66. The zero-order chi connectivity index (χ0) is 26.9. The van der Waals surface area contributed by atoms with Gasteiger partial charge in [-0.3, -0.25) is 4.79 Å². The van der Waals surface area contributed by atoms with E-state index in [1.54, 1.807) is 0 Å². The van der Waals surface area contributed by atoms with Crippen LogP contribution in [-0.4, -0.2) is 62.7 Å². The van der Waals surface area contributed by atoms with E-state index in [0.29, 0.717) is 43.4 Å². The molecule has 0 aromatic carbocycles. The van der Waals surface area contributed by atoms with Crippen LogP contribution in [0.1, 0.15) is 93.4 Å². The minimum Gasteiger partial charge on any atom is -0.460 e. The summed E-state index contributed by atoms with van der Waals surface area (Å²) in [5.41, 5.74) is -1.98. The van der Waals surface area contributed by atoms with Gasteiger partial charge in [0, 0.05) is 19.3 Å². The van der Waals surface area contributed by atoms with E-state index in [-0.39, 0.29) is 46.3 Å². The molecule has 1 spiro atoms. The van der Waals surface area contributed by atoms with E-state index < -0.39 is 29.7 Å². The Bertz CT molecular complexity index is 964. The molecule has 0 bridgehead atoms. The maximum absolute atomic E-state index is 12.2. The first-order valence-electron chi connectivity index (χ1n) is 14.7. The summed E-state index contributed by atoms with van der Waals surface area (Å²) >= 11 is 0. The second-order valence-corrected chi connectivity index (χ2v) is 15.1. The molecule has 37 heavy (non-hydrogen) atoms.